The molecule has 2 rings (SSSR count). The minimum atomic E-state index is -0.899. The molecule has 0 heterocycles. The molecule has 2 fully saturated rings. The van der Waals surface area contributed by atoms with Gasteiger partial charge < -0.3 is 15.7 Å². The Bertz CT molecular complexity index is 379. The van der Waals surface area contributed by atoms with Crippen LogP contribution in [0.15, 0.2) is 0 Å². The first-order valence-corrected chi connectivity index (χ1v) is 6.88. The predicted molar refractivity (Wildman–Crippen MR) is 67.3 cm³/mol. The molecule has 19 heavy (non-hydrogen) atoms. The number of carbonyl (C=O) groups is 3. The third-order valence-electron chi connectivity index (χ3n) is 3.76. The van der Waals surface area contributed by atoms with Crippen molar-refractivity contribution in [1.29, 1.82) is 0 Å². The molecule has 2 aliphatic carbocycles. The highest BCUT2D eigenvalue weighted by atomic mass is 16.4. The molecule has 0 aromatic rings. The Kier molecular flexibility index (Phi) is 4.39. The summed E-state index contributed by atoms with van der Waals surface area (Å²) in [5, 5.41) is 14.5. The van der Waals surface area contributed by atoms with Crippen LogP contribution >= 0.6 is 0 Å². The molecule has 2 aliphatic rings. The second-order valence-electron chi connectivity index (χ2n) is 5.36. The molecular formula is C13H20N2O4. The van der Waals surface area contributed by atoms with Gasteiger partial charge in [0.15, 0.2) is 0 Å². The summed E-state index contributed by atoms with van der Waals surface area (Å²) in [7, 11) is 0. The average Bonchev–Trinajstić information content (AvgIpc) is 3.01. The third-order valence-corrected chi connectivity index (χ3v) is 3.76. The van der Waals surface area contributed by atoms with E-state index < -0.39 is 17.8 Å². The number of hydrogen-bond acceptors (Lipinski definition) is 3. The summed E-state index contributed by atoms with van der Waals surface area (Å²) < 4.78 is 0. The number of carboxylic acids is 1. The maximum atomic E-state index is 11.9. The van der Waals surface area contributed by atoms with Crippen molar-refractivity contribution in [3.8, 4) is 0 Å². The zero-order chi connectivity index (χ0) is 13.8. The molecule has 0 unspecified atom stereocenters. The van der Waals surface area contributed by atoms with Gasteiger partial charge in [0.2, 0.25) is 11.8 Å². The van der Waals surface area contributed by atoms with Crippen LogP contribution in [0.25, 0.3) is 0 Å². The van der Waals surface area contributed by atoms with E-state index in [1.54, 1.807) is 0 Å². The van der Waals surface area contributed by atoms with Crippen LogP contribution in [0.4, 0.5) is 0 Å². The first-order chi connectivity index (χ1) is 9.08. The number of amides is 2. The van der Waals surface area contributed by atoms with Gasteiger partial charge in [-0.3, -0.25) is 14.4 Å². The summed E-state index contributed by atoms with van der Waals surface area (Å²) in [6, 6.07) is 0.328. The first-order valence-electron chi connectivity index (χ1n) is 6.88. The average molecular weight is 268 g/mol. The van der Waals surface area contributed by atoms with Crippen LogP contribution < -0.4 is 10.6 Å². The van der Waals surface area contributed by atoms with Crippen LogP contribution in [-0.2, 0) is 14.4 Å². The summed E-state index contributed by atoms with van der Waals surface area (Å²) in [5.74, 6) is -2.19. The summed E-state index contributed by atoms with van der Waals surface area (Å²) in [6.07, 6.45) is 4.30. The highest BCUT2D eigenvalue weighted by molar-refractivity contribution is 5.85. The maximum absolute atomic E-state index is 11.9. The lowest BCUT2D eigenvalue weighted by Crippen LogP contribution is -2.37. The largest absolute Gasteiger partial charge is 0.481 e. The van der Waals surface area contributed by atoms with Gasteiger partial charge >= 0.3 is 5.97 Å². The van der Waals surface area contributed by atoms with E-state index in [-0.39, 0.29) is 24.8 Å². The van der Waals surface area contributed by atoms with Crippen LogP contribution in [0, 0.1) is 11.8 Å². The Balaban J connectivity index is 1.68. The minimum Gasteiger partial charge on any atom is -0.481 e. The highest BCUT2D eigenvalue weighted by Crippen LogP contribution is 2.31. The van der Waals surface area contributed by atoms with E-state index in [1.165, 1.54) is 0 Å². The lowest BCUT2D eigenvalue weighted by Gasteiger charge is -2.15. The van der Waals surface area contributed by atoms with E-state index in [0.717, 1.165) is 19.3 Å². The molecule has 6 nitrogen and oxygen atoms in total. The molecule has 0 radical (unpaired) electrons. The highest BCUT2D eigenvalue weighted by Gasteiger charge is 2.37. The molecule has 2 atom stereocenters. The van der Waals surface area contributed by atoms with Crippen molar-refractivity contribution in [3.63, 3.8) is 0 Å². The zero-order valence-corrected chi connectivity index (χ0v) is 10.9. The van der Waals surface area contributed by atoms with Crippen LogP contribution in [0.2, 0.25) is 0 Å². The van der Waals surface area contributed by atoms with Gasteiger partial charge in [-0.05, 0) is 25.7 Å². The van der Waals surface area contributed by atoms with Gasteiger partial charge in [-0.2, -0.15) is 0 Å². The molecule has 0 aromatic heterocycles. The van der Waals surface area contributed by atoms with E-state index in [1.807, 2.05) is 0 Å². The van der Waals surface area contributed by atoms with Crippen molar-refractivity contribution in [2.45, 2.75) is 44.6 Å². The van der Waals surface area contributed by atoms with Gasteiger partial charge in [-0.1, -0.05) is 6.42 Å². The number of nitrogens with one attached hydrogen (secondary N) is 2. The molecule has 2 amide bonds. The molecular weight excluding hydrogens is 248 g/mol. The molecule has 0 spiro atoms. The molecule has 6 heteroatoms. The van der Waals surface area contributed by atoms with Crippen LogP contribution in [0.1, 0.15) is 38.5 Å². The summed E-state index contributed by atoms with van der Waals surface area (Å²) in [6.45, 7) is 0.278. The van der Waals surface area contributed by atoms with Crippen LogP contribution in [0.3, 0.4) is 0 Å². The fraction of sp³-hybridized carbons (Fsp3) is 0.769. The van der Waals surface area contributed by atoms with Gasteiger partial charge in [-0.15, -0.1) is 0 Å². The molecule has 0 bridgehead atoms. The monoisotopic (exact) mass is 268 g/mol. The lowest BCUT2D eigenvalue weighted by molar-refractivity contribution is -0.146. The zero-order valence-electron chi connectivity index (χ0n) is 10.9. The Morgan fingerprint density at radius 3 is 2.37 bits per heavy atom. The normalized spacial score (nSPS) is 25.9. The number of rotatable bonds is 6. The van der Waals surface area contributed by atoms with Gasteiger partial charge in [-0.25, -0.2) is 0 Å². The summed E-state index contributed by atoms with van der Waals surface area (Å²) >= 11 is 0. The molecule has 3 N–H and O–H groups in total. The van der Waals surface area contributed by atoms with Crippen LogP contribution in [-0.4, -0.2) is 35.5 Å². The van der Waals surface area contributed by atoms with E-state index in [0.29, 0.717) is 18.9 Å². The molecule has 106 valence electrons. The van der Waals surface area contributed by atoms with Crippen molar-refractivity contribution in [2.75, 3.05) is 6.54 Å². The van der Waals surface area contributed by atoms with E-state index in [2.05, 4.69) is 10.6 Å². The maximum Gasteiger partial charge on any atom is 0.307 e. The Morgan fingerprint density at radius 2 is 1.74 bits per heavy atom. The van der Waals surface area contributed by atoms with Gasteiger partial charge in [0, 0.05) is 19.0 Å². The third kappa shape index (κ3) is 3.94. The Morgan fingerprint density at radius 1 is 1.05 bits per heavy atom. The minimum absolute atomic E-state index is 0.0518. The topological polar surface area (TPSA) is 95.5 Å². The van der Waals surface area contributed by atoms with Gasteiger partial charge in [0.05, 0.1) is 11.8 Å². The smallest absolute Gasteiger partial charge is 0.307 e. The van der Waals surface area contributed by atoms with Crippen molar-refractivity contribution in [3.05, 3.63) is 0 Å². The van der Waals surface area contributed by atoms with E-state index in [4.69, 9.17) is 5.11 Å². The summed E-state index contributed by atoms with van der Waals surface area (Å²) in [4.78, 5) is 34.3. The lowest BCUT2D eigenvalue weighted by atomic mass is 9.95. The Hall–Kier alpha value is -1.59. The predicted octanol–water partition coefficient (Wildman–Crippen LogP) is 0.272. The van der Waals surface area contributed by atoms with Crippen molar-refractivity contribution in [2.24, 2.45) is 11.8 Å². The number of hydrogen-bond donors (Lipinski definition) is 3. The Labute approximate surface area is 111 Å². The van der Waals surface area contributed by atoms with E-state index >= 15 is 0 Å². The van der Waals surface area contributed by atoms with Crippen molar-refractivity contribution < 1.29 is 19.5 Å². The first kappa shape index (κ1) is 13.8. The molecule has 2 saturated carbocycles. The fourth-order valence-corrected chi connectivity index (χ4v) is 2.53. The van der Waals surface area contributed by atoms with E-state index in [9.17, 15) is 14.4 Å². The number of carboxylic acid groups (broad SMARTS) is 1. The molecule has 0 aromatic carbocycles. The SMILES string of the molecule is O=C(CCNC(=O)[C@@H]1CCC[C@@H]1C(=O)O)NC1CC1. The number of aliphatic carboxylic acids is 1. The van der Waals surface area contributed by atoms with Crippen molar-refractivity contribution in [1.82, 2.24) is 10.6 Å². The molecule has 0 saturated heterocycles. The van der Waals surface area contributed by atoms with Gasteiger partial charge in [0.1, 0.15) is 0 Å². The number of carbonyl (C=O) groups excluding carboxylic acids is 2. The van der Waals surface area contributed by atoms with Gasteiger partial charge in [0.25, 0.3) is 0 Å². The summed E-state index contributed by atoms with van der Waals surface area (Å²) in [5.41, 5.74) is 0. The second kappa shape index (κ2) is 6.04. The standard InChI is InChI=1S/C13H20N2O4/c16-11(15-8-4-5-8)6-7-14-12(17)9-2-1-3-10(9)13(18)19/h8-10H,1-7H2,(H,14,17)(H,15,16)(H,18,19)/t9-,10+/m1/s1. The van der Waals surface area contributed by atoms with Crippen LogP contribution in [0.5, 0.6) is 0 Å². The van der Waals surface area contributed by atoms with Crippen molar-refractivity contribution >= 4 is 17.8 Å². The quantitative estimate of drug-likeness (QED) is 0.644. The molecule has 0 aliphatic heterocycles. The second-order valence-corrected chi connectivity index (χ2v) is 5.36. The fourth-order valence-electron chi connectivity index (χ4n) is 2.53.